The number of nitrogens with one attached hydrogen (secondary N) is 1. The lowest BCUT2D eigenvalue weighted by atomic mass is 10.0. The van der Waals surface area contributed by atoms with E-state index in [0.29, 0.717) is 12.1 Å². The zero-order chi connectivity index (χ0) is 18.9. The fourth-order valence-electron chi connectivity index (χ4n) is 5.15. The molecule has 2 N–H and O–H groups in total. The average molecular weight is 381 g/mol. The molecule has 2 bridgehead atoms. The first-order chi connectivity index (χ1) is 13.8. The van der Waals surface area contributed by atoms with Gasteiger partial charge in [-0.1, -0.05) is 44.2 Å². The van der Waals surface area contributed by atoms with Crippen molar-refractivity contribution in [2.45, 2.75) is 88.8 Å². The summed E-state index contributed by atoms with van der Waals surface area (Å²) in [5, 5.41) is 15.4. The van der Waals surface area contributed by atoms with Crippen molar-refractivity contribution in [1.29, 1.82) is 0 Å². The van der Waals surface area contributed by atoms with Crippen molar-refractivity contribution < 1.29 is 9.84 Å². The van der Waals surface area contributed by atoms with Gasteiger partial charge in [-0.05, 0) is 56.6 Å². The van der Waals surface area contributed by atoms with Crippen LogP contribution in [-0.2, 0) is 6.42 Å². The first-order valence-corrected chi connectivity index (χ1v) is 11.3. The number of para-hydroxylation sites is 1. The van der Waals surface area contributed by atoms with Crippen molar-refractivity contribution in [3.05, 3.63) is 29.8 Å². The number of hydrogen-bond acceptors (Lipinski definition) is 4. The fourth-order valence-corrected chi connectivity index (χ4v) is 5.15. The van der Waals surface area contributed by atoms with E-state index in [0.717, 1.165) is 53.8 Å². The summed E-state index contributed by atoms with van der Waals surface area (Å²) in [7, 11) is 0. The van der Waals surface area contributed by atoms with E-state index in [1.807, 2.05) is 18.2 Å². The van der Waals surface area contributed by atoms with Gasteiger partial charge in [0.15, 0.2) is 0 Å². The SMILES string of the molecule is Oc1nc2ccccc2c(OC2CC3CCC(C2)N3)c1CCCCCC1CC1. The molecule has 3 fully saturated rings. The number of nitrogens with zero attached hydrogens (tertiary/aromatic N) is 1. The van der Waals surface area contributed by atoms with Crippen LogP contribution in [0.3, 0.4) is 0 Å². The average Bonchev–Trinajstić information content (AvgIpc) is 3.46. The van der Waals surface area contributed by atoms with Gasteiger partial charge in [0, 0.05) is 17.5 Å². The van der Waals surface area contributed by atoms with Crippen molar-refractivity contribution in [3.63, 3.8) is 0 Å². The van der Waals surface area contributed by atoms with Gasteiger partial charge in [0.2, 0.25) is 5.88 Å². The molecule has 0 amide bonds. The van der Waals surface area contributed by atoms with Crippen LogP contribution < -0.4 is 10.1 Å². The van der Waals surface area contributed by atoms with Gasteiger partial charge in [-0.2, -0.15) is 0 Å². The Hall–Kier alpha value is -1.81. The summed E-state index contributed by atoms with van der Waals surface area (Å²) >= 11 is 0. The minimum atomic E-state index is 0.160. The molecule has 1 aliphatic carbocycles. The van der Waals surface area contributed by atoms with Gasteiger partial charge in [-0.25, -0.2) is 4.98 Å². The molecule has 0 spiro atoms. The first kappa shape index (κ1) is 18.2. The Bertz CT molecular complexity index is 821. The van der Waals surface area contributed by atoms with Gasteiger partial charge in [-0.15, -0.1) is 0 Å². The predicted molar refractivity (Wildman–Crippen MR) is 112 cm³/mol. The summed E-state index contributed by atoms with van der Waals surface area (Å²) in [6, 6.07) is 9.25. The number of ether oxygens (including phenoxy) is 1. The lowest BCUT2D eigenvalue weighted by molar-refractivity contribution is 0.137. The van der Waals surface area contributed by atoms with Crippen molar-refractivity contribution in [1.82, 2.24) is 10.3 Å². The van der Waals surface area contributed by atoms with Crippen LogP contribution in [0, 0.1) is 5.92 Å². The smallest absolute Gasteiger partial charge is 0.218 e. The number of benzene rings is 1. The molecule has 2 unspecified atom stereocenters. The van der Waals surface area contributed by atoms with Crippen LogP contribution in [0.2, 0.25) is 0 Å². The van der Waals surface area contributed by atoms with Gasteiger partial charge in [-0.3, -0.25) is 0 Å². The normalized spacial score (nSPS) is 26.6. The zero-order valence-electron chi connectivity index (χ0n) is 16.7. The second kappa shape index (κ2) is 7.90. The molecule has 3 aliphatic rings. The number of fused-ring (bicyclic) bond motifs is 3. The highest BCUT2D eigenvalue weighted by Gasteiger charge is 2.35. The Morgan fingerprint density at radius 1 is 1.00 bits per heavy atom. The van der Waals surface area contributed by atoms with Crippen LogP contribution in [0.15, 0.2) is 24.3 Å². The molecule has 1 aromatic carbocycles. The molecule has 2 atom stereocenters. The monoisotopic (exact) mass is 380 g/mol. The standard InChI is InChI=1S/C24H32N2O2/c27-24-21(8-3-1-2-6-16-10-11-16)23(20-7-4-5-9-22(20)26-24)28-19-14-17-12-13-18(15-19)25-17/h4-5,7,9,16-19,25H,1-3,6,8,10-15H2,(H,26,27). The fraction of sp³-hybridized carbons (Fsp3) is 0.625. The van der Waals surface area contributed by atoms with E-state index in [4.69, 9.17) is 4.74 Å². The third-order valence-corrected chi connectivity index (χ3v) is 6.87. The summed E-state index contributed by atoms with van der Waals surface area (Å²) in [6.07, 6.45) is 13.6. The Labute approximate surface area is 167 Å². The van der Waals surface area contributed by atoms with Crippen molar-refractivity contribution in [3.8, 4) is 11.6 Å². The molecule has 5 rings (SSSR count). The summed E-state index contributed by atoms with van der Waals surface area (Å²) in [5.41, 5.74) is 1.74. The number of rotatable bonds is 8. The Morgan fingerprint density at radius 2 is 1.79 bits per heavy atom. The summed E-state index contributed by atoms with van der Waals surface area (Å²) in [4.78, 5) is 4.47. The minimum absolute atomic E-state index is 0.160. The molecule has 2 saturated heterocycles. The molecule has 0 radical (unpaired) electrons. The number of piperidine rings is 1. The number of pyridine rings is 1. The number of aromatic hydroxyl groups is 1. The van der Waals surface area contributed by atoms with Gasteiger partial charge < -0.3 is 15.2 Å². The molecule has 1 saturated carbocycles. The number of hydrogen-bond donors (Lipinski definition) is 2. The van der Waals surface area contributed by atoms with Gasteiger partial charge in [0.1, 0.15) is 11.9 Å². The molecule has 1 aromatic heterocycles. The Morgan fingerprint density at radius 3 is 2.57 bits per heavy atom. The predicted octanol–water partition coefficient (Wildman–Crippen LogP) is 5.12. The second-order valence-electron chi connectivity index (χ2n) is 9.15. The van der Waals surface area contributed by atoms with Crippen molar-refractivity contribution >= 4 is 10.9 Å². The van der Waals surface area contributed by atoms with Crippen LogP contribution >= 0.6 is 0 Å². The minimum Gasteiger partial charge on any atom is -0.493 e. The molecule has 2 aromatic rings. The molecule has 3 heterocycles. The van der Waals surface area contributed by atoms with Gasteiger partial charge in [0.05, 0.1) is 11.1 Å². The molecule has 2 aliphatic heterocycles. The number of aromatic nitrogens is 1. The van der Waals surface area contributed by atoms with Crippen LogP contribution in [0.1, 0.15) is 69.8 Å². The third-order valence-electron chi connectivity index (χ3n) is 6.87. The Kier molecular flexibility index (Phi) is 5.15. The first-order valence-electron chi connectivity index (χ1n) is 11.3. The molecule has 28 heavy (non-hydrogen) atoms. The topological polar surface area (TPSA) is 54.4 Å². The van der Waals surface area contributed by atoms with E-state index in [9.17, 15) is 5.11 Å². The van der Waals surface area contributed by atoms with E-state index in [2.05, 4.69) is 16.4 Å². The maximum atomic E-state index is 10.7. The molecule has 4 heteroatoms. The van der Waals surface area contributed by atoms with Crippen LogP contribution in [0.5, 0.6) is 11.6 Å². The number of unbranched alkanes of at least 4 members (excludes halogenated alkanes) is 2. The summed E-state index contributed by atoms with van der Waals surface area (Å²) in [6.45, 7) is 0. The largest absolute Gasteiger partial charge is 0.493 e. The van der Waals surface area contributed by atoms with E-state index >= 15 is 0 Å². The maximum Gasteiger partial charge on any atom is 0.218 e. The van der Waals surface area contributed by atoms with Gasteiger partial charge >= 0.3 is 0 Å². The van der Waals surface area contributed by atoms with E-state index in [1.54, 1.807) is 0 Å². The highest BCUT2D eigenvalue weighted by molar-refractivity contribution is 5.87. The van der Waals surface area contributed by atoms with Crippen LogP contribution in [0.4, 0.5) is 0 Å². The van der Waals surface area contributed by atoms with Crippen LogP contribution in [0.25, 0.3) is 10.9 Å². The zero-order valence-corrected chi connectivity index (χ0v) is 16.7. The summed E-state index contributed by atoms with van der Waals surface area (Å²) < 4.78 is 6.63. The molecule has 4 nitrogen and oxygen atoms in total. The Balaban J connectivity index is 1.35. The maximum absolute atomic E-state index is 10.7. The van der Waals surface area contributed by atoms with Gasteiger partial charge in [0.25, 0.3) is 0 Å². The molecule has 150 valence electrons. The highest BCUT2D eigenvalue weighted by Crippen LogP contribution is 2.39. The molecular weight excluding hydrogens is 348 g/mol. The quantitative estimate of drug-likeness (QED) is 0.625. The van der Waals surface area contributed by atoms with Crippen LogP contribution in [-0.4, -0.2) is 28.3 Å². The van der Waals surface area contributed by atoms with E-state index in [1.165, 1.54) is 44.9 Å². The van der Waals surface area contributed by atoms with Crippen molar-refractivity contribution in [2.24, 2.45) is 5.92 Å². The lowest BCUT2D eigenvalue weighted by Crippen LogP contribution is -2.42. The lowest BCUT2D eigenvalue weighted by Gasteiger charge is -2.30. The van der Waals surface area contributed by atoms with E-state index < -0.39 is 0 Å². The second-order valence-corrected chi connectivity index (χ2v) is 9.15. The highest BCUT2D eigenvalue weighted by atomic mass is 16.5. The summed E-state index contributed by atoms with van der Waals surface area (Å²) in [5.74, 6) is 2.05. The molecular formula is C24H32N2O2. The van der Waals surface area contributed by atoms with E-state index in [-0.39, 0.29) is 12.0 Å². The third kappa shape index (κ3) is 3.98. The van der Waals surface area contributed by atoms with Crippen molar-refractivity contribution in [2.75, 3.05) is 0 Å².